The van der Waals surface area contributed by atoms with Gasteiger partial charge in [-0.2, -0.15) is 5.10 Å². The third kappa shape index (κ3) is 3.63. The van der Waals surface area contributed by atoms with Crippen LogP contribution in [0.5, 0.6) is 0 Å². The van der Waals surface area contributed by atoms with Crippen LogP contribution < -0.4 is 0 Å². The summed E-state index contributed by atoms with van der Waals surface area (Å²) >= 11 is 1.56. The van der Waals surface area contributed by atoms with Crippen LogP contribution in [0.15, 0.2) is 54.9 Å². The van der Waals surface area contributed by atoms with Gasteiger partial charge in [-0.25, -0.2) is 4.39 Å². The number of benzene rings is 1. The van der Waals surface area contributed by atoms with Gasteiger partial charge < -0.3 is 0 Å². The molecule has 0 spiro atoms. The van der Waals surface area contributed by atoms with Crippen molar-refractivity contribution in [1.29, 1.82) is 0 Å². The molecule has 0 aliphatic rings. The number of hydrogen-bond donors (Lipinski definition) is 0. The van der Waals surface area contributed by atoms with E-state index >= 15 is 0 Å². The summed E-state index contributed by atoms with van der Waals surface area (Å²) in [5, 5.41) is 4.10. The minimum Gasteiger partial charge on any atom is -0.289 e. The summed E-state index contributed by atoms with van der Waals surface area (Å²) in [6.45, 7) is 2.71. The molecule has 2 aromatic heterocycles. The maximum Gasteiger partial charge on any atom is 0.189 e. The highest BCUT2D eigenvalue weighted by Gasteiger charge is 2.06. The van der Waals surface area contributed by atoms with Crippen molar-refractivity contribution in [1.82, 2.24) is 9.78 Å². The quantitative estimate of drug-likeness (QED) is 0.504. The van der Waals surface area contributed by atoms with Gasteiger partial charge in [-0.1, -0.05) is 12.1 Å². The molecule has 0 N–H and O–H groups in total. The largest absolute Gasteiger partial charge is 0.289 e. The Hall–Kier alpha value is -2.53. The smallest absolute Gasteiger partial charge is 0.189 e. The number of ketones is 1. The highest BCUT2D eigenvalue weighted by molar-refractivity contribution is 7.16. The molecule has 3 nitrogen and oxygen atoms in total. The average molecular weight is 326 g/mol. The molecule has 5 heteroatoms. The fraction of sp³-hybridized carbons (Fsp3) is 0.111. The summed E-state index contributed by atoms with van der Waals surface area (Å²) in [5.74, 6) is -0.315. The number of thiophene rings is 1. The van der Waals surface area contributed by atoms with Gasteiger partial charge in [0, 0.05) is 22.5 Å². The van der Waals surface area contributed by atoms with Gasteiger partial charge in [0.15, 0.2) is 5.78 Å². The summed E-state index contributed by atoms with van der Waals surface area (Å²) in [7, 11) is 0. The van der Waals surface area contributed by atoms with E-state index in [1.165, 1.54) is 12.1 Å². The maximum absolute atomic E-state index is 13.0. The average Bonchev–Trinajstić information content (AvgIpc) is 3.22. The highest BCUT2D eigenvalue weighted by Crippen LogP contribution is 2.29. The van der Waals surface area contributed by atoms with Crippen LogP contribution in [0.4, 0.5) is 4.39 Å². The fourth-order valence-electron chi connectivity index (χ4n) is 2.13. The minimum atomic E-state index is -0.247. The molecule has 3 aromatic rings. The van der Waals surface area contributed by atoms with E-state index in [9.17, 15) is 9.18 Å². The van der Waals surface area contributed by atoms with Gasteiger partial charge >= 0.3 is 0 Å². The van der Waals surface area contributed by atoms with Gasteiger partial charge in [0.25, 0.3) is 0 Å². The lowest BCUT2D eigenvalue weighted by Gasteiger charge is -1.95. The first-order chi connectivity index (χ1) is 11.2. The second-order valence-electron chi connectivity index (χ2n) is 4.99. The standard InChI is InChI=1S/C18H15FN2OS/c1-2-21-12-14(11-20-21)17(22)9-7-16-8-10-18(23-16)13-3-5-15(19)6-4-13/h3-12H,2H2,1H3. The summed E-state index contributed by atoms with van der Waals surface area (Å²) < 4.78 is 14.7. The molecule has 23 heavy (non-hydrogen) atoms. The van der Waals surface area contributed by atoms with E-state index in [0.717, 1.165) is 21.9 Å². The normalized spacial score (nSPS) is 11.2. The van der Waals surface area contributed by atoms with Crippen LogP contribution in [0.2, 0.25) is 0 Å². The molecule has 0 fully saturated rings. The Bertz CT molecular complexity index is 846. The molecule has 1 aromatic carbocycles. The minimum absolute atomic E-state index is 0.0681. The number of aromatic nitrogens is 2. The third-order valence-electron chi connectivity index (χ3n) is 3.40. The molecule has 0 unspecified atom stereocenters. The zero-order valence-corrected chi connectivity index (χ0v) is 13.4. The molecule has 116 valence electrons. The van der Waals surface area contributed by atoms with Crippen molar-refractivity contribution in [3.63, 3.8) is 0 Å². The number of carbonyl (C=O) groups excluding carboxylic acids is 1. The lowest BCUT2D eigenvalue weighted by atomic mass is 10.2. The second-order valence-corrected chi connectivity index (χ2v) is 6.11. The molecule has 0 aliphatic carbocycles. The molecule has 0 bridgehead atoms. The summed E-state index contributed by atoms with van der Waals surface area (Å²) in [6, 6.07) is 10.3. The van der Waals surface area contributed by atoms with Crippen LogP contribution in [0.1, 0.15) is 22.2 Å². The first-order valence-electron chi connectivity index (χ1n) is 7.26. The van der Waals surface area contributed by atoms with Crippen molar-refractivity contribution < 1.29 is 9.18 Å². The van der Waals surface area contributed by atoms with E-state index in [2.05, 4.69) is 5.10 Å². The Balaban J connectivity index is 1.73. The molecule has 0 saturated heterocycles. The Morgan fingerprint density at radius 1 is 1.26 bits per heavy atom. The van der Waals surface area contributed by atoms with Crippen molar-refractivity contribution >= 4 is 23.2 Å². The van der Waals surface area contributed by atoms with Gasteiger partial charge in [-0.15, -0.1) is 11.3 Å². The number of nitrogens with zero attached hydrogens (tertiary/aromatic N) is 2. The SMILES string of the molecule is CCn1cc(C(=O)C=Cc2ccc(-c3ccc(F)cc3)s2)cn1. The van der Waals surface area contributed by atoms with Gasteiger partial charge in [0.1, 0.15) is 5.82 Å². The van der Waals surface area contributed by atoms with E-state index in [1.54, 1.807) is 52.7 Å². The highest BCUT2D eigenvalue weighted by atomic mass is 32.1. The Morgan fingerprint density at radius 3 is 2.74 bits per heavy atom. The fourth-order valence-corrected chi connectivity index (χ4v) is 3.05. The van der Waals surface area contributed by atoms with Crippen molar-refractivity contribution in [2.75, 3.05) is 0 Å². The predicted molar refractivity (Wildman–Crippen MR) is 91.0 cm³/mol. The van der Waals surface area contributed by atoms with E-state index in [0.29, 0.717) is 5.56 Å². The first-order valence-corrected chi connectivity index (χ1v) is 8.08. The Kier molecular flexibility index (Phi) is 4.48. The lowest BCUT2D eigenvalue weighted by molar-refractivity contribution is 0.104. The van der Waals surface area contributed by atoms with E-state index in [4.69, 9.17) is 0 Å². The molecular weight excluding hydrogens is 311 g/mol. The molecule has 0 saturated carbocycles. The summed E-state index contributed by atoms with van der Waals surface area (Å²) in [6.07, 6.45) is 6.67. The lowest BCUT2D eigenvalue weighted by Crippen LogP contribution is -1.94. The van der Waals surface area contributed by atoms with Gasteiger partial charge in [-0.3, -0.25) is 9.48 Å². The van der Waals surface area contributed by atoms with Crippen molar-refractivity contribution in [3.05, 3.63) is 71.1 Å². The first kappa shape index (κ1) is 15.4. The Morgan fingerprint density at radius 2 is 2.04 bits per heavy atom. The van der Waals surface area contributed by atoms with Gasteiger partial charge in [0.05, 0.1) is 11.8 Å². The molecule has 3 rings (SSSR count). The van der Waals surface area contributed by atoms with E-state index < -0.39 is 0 Å². The number of rotatable bonds is 5. The van der Waals surface area contributed by atoms with Crippen LogP contribution in [0.25, 0.3) is 16.5 Å². The van der Waals surface area contributed by atoms with Crippen LogP contribution in [-0.4, -0.2) is 15.6 Å². The number of hydrogen-bond acceptors (Lipinski definition) is 3. The predicted octanol–water partition coefficient (Wildman–Crippen LogP) is 4.67. The van der Waals surface area contributed by atoms with Gasteiger partial charge in [-0.05, 0) is 48.9 Å². The van der Waals surface area contributed by atoms with Crippen molar-refractivity contribution in [3.8, 4) is 10.4 Å². The molecule has 0 aliphatic heterocycles. The zero-order valence-electron chi connectivity index (χ0n) is 12.6. The summed E-state index contributed by atoms with van der Waals surface area (Å²) in [5.41, 5.74) is 1.55. The van der Waals surface area contributed by atoms with Crippen LogP contribution in [0.3, 0.4) is 0 Å². The summed E-state index contributed by atoms with van der Waals surface area (Å²) in [4.78, 5) is 14.1. The number of carbonyl (C=O) groups is 1. The topological polar surface area (TPSA) is 34.9 Å². The van der Waals surface area contributed by atoms with Crippen molar-refractivity contribution in [2.45, 2.75) is 13.5 Å². The molecule has 0 amide bonds. The molecular formula is C18H15FN2OS. The van der Waals surface area contributed by atoms with Crippen LogP contribution in [-0.2, 0) is 6.54 Å². The van der Waals surface area contributed by atoms with Crippen LogP contribution in [0, 0.1) is 5.82 Å². The zero-order chi connectivity index (χ0) is 16.2. The molecule has 2 heterocycles. The second kappa shape index (κ2) is 6.71. The number of aryl methyl sites for hydroxylation is 1. The molecule has 0 atom stereocenters. The monoisotopic (exact) mass is 326 g/mol. The Labute approximate surface area is 137 Å². The molecule has 0 radical (unpaired) electrons. The van der Waals surface area contributed by atoms with E-state index in [1.807, 2.05) is 19.1 Å². The number of halogens is 1. The van der Waals surface area contributed by atoms with Crippen molar-refractivity contribution in [2.24, 2.45) is 0 Å². The van der Waals surface area contributed by atoms with Gasteiger partial charge in [0.2, 0.25) is 0 Å². The maximum atomic E-state index is 13.0. The number of allylic oxidation sites excluding steroid dienone is 1. The third-order valence-corrected chi connectivity index (χ3v) is 4.50. The van der Waals surface area contributed by atoms with Crippen LogP contribution >= 0.6 is 11.3 Å². The van der Waals surface area contributed by atoms with E-state index in [-0.39, 0.29) is 11.6 Å².